The van der Waals surface area contributed by atoms with Gasteiger partial charge in [0.1, 0.15) is 12.6 Å². The average molecular weight is 436 g/mol. The first-order valence-corrected chi connectivity index (χ1v) is 9.40. The van der Waals surface area contributed by atoms with Crippen LogP contribution < -0.4 is 16.4 Å². The molecule has 0 radical (unpaired) electrons. The topological polar surface area (TPSA) is 145 Å². The van der Waals surface area contributed by atoms with Gasteiger partial charge in [-0.2, -0.15) is 0 Å². The zero-order valence-electron chi connectivity index (χ0n) is 17.4. The highest BCUT2D eigenvalue weighted by atomic mass is 16.5. The van der Waals surface area contributed by atoms with Gasteiger partial charge in [0.2, 0.25) is 0 Å². The van der Waals surface area contributed by atoms with Crippen molar-refractivity contribution in [1.82, 2.24) is 0 Å². The predicted molar refractivity (Wildman–Crippen MR) is 124 cm³/mol. The third kappa shape index (κ3) is 9.84. The van der Waals surface area contributed by atoms with E-state index in [1.165, 1.54) is 31.4 Å². The van der Waals surface area contributed by atoms with Crippen LogP contribution in [-0.2, 0) is 4.65 Å². The number of hydrogen-bond donors (Lipinski definition) is 5. The van der Waals surface area contributed by atoms with Crippen LogP contribution in [0.15, 0.2) is 78.9 Å². The van der Waals surface area contributed by atoms with Gasteiger partial charge in [0.15, 0.2) is 0 Å². The fourth-order valence-corrected chi connectivity index (χ4v) is 2.25. The van der Waals surface area contributed by atoms with Gasteiger partial charge >= 0.3 is 21.4 Å². The zero-order valence-corrected chi connectivity index (χ0v) is 17.4. The Morgan fingerprint density at radius 3 is 1.28 bits per heavy atom. The molecule has 0 amide bonds. The second kappa shape index (κ2) is 14.9. The second-order valence-corrected chi connectivity index (χ2v) is 6.32. The van der Waals surface area contributed by atoms with E-state index in [9.17, 15) is 14.6 Å². The average Bonchev–Trinajstić information content (AvgIpc) is 2.85. The van der Waals surface area contributed by atoms with E-state index < -0.39 is 21.4 Å². The SMILES string of the molecule is COB(O)c1ccc(C=O)cc1.O=Cc1ccc(B(O)O)cc1.OB(O)c1ccccc1. The maximum Gasteiger partial charge on any atom is 0.490 e. The number of carbonyl (C=O) groups is 2. The highest BCUT2D eigenvalue weighted by molar-refractivity contribution is 6.60. The minimum Gasteiger partial charge on any atom is -0.423 e. The zero-order chi connectivity index (χ0) is 23.9. The largest absolute Gasteiger partial charge is 0.490 e. The third-order valence-electron chi connectivity index (χ3n) is 4.05. The van der Waals surface area contributed by atoms with Crippen LogP contribution in [0, 0.1) is 0 Å². The molecule has 0 spiro atoms. The summed E-state index contributed by atoms with van der Waals surface area (Å²) in [7, 11) is -2.30. The van der Waals surface area contributed by atoms with Crippen LogP contribution in [0.4, 0.5) is 0 Å². The molecule has 0 atom stereocenters. The number of carbonyl (C=O) groups excluding carboxylic acids is 2. The molecule has 0 heterocycles. The Morgan fingerprint density at radius 2 is 0.969 bits per heavy atom. The first-order chi connectivity index (χ1) is 15.3. The van der Waals surface area contributed by atoms with Crippen molar-refractivity contribution in [2.75, 3.05) is 7.11 Å². The van der Waals surface area contributed by atoms with Gasteiger partial charge in [-0.15, -0.1) is 0 Å². The molecule has 0 aliphatic heterocycles. The summed E-state index contributed by atoms with van der Waals surface area (Å²) in [6.07, 6.45) is 1.45. The van der Waals surface area contributed by atoms with E-state index in [0.29, 0.717) is 33.8 Å². The van der Waals surface area contributed by atoms with Gasteiger partial charge in [-0.05, 0) is 16.4 Å². The highest BCUT2D eigenvalue weighted by Gasteiger charge is 2.13. The van der Waals surface area contributed by atoms with Crippen molar-refractivity contribution in [3.05, 3.63) is 90.0 Å². The highest BCUT2D eigenvalue weighted by Crippen LogP contribution is 1.93. The molecule has 0 fully saturated rings. The van der Waals surface area contributed by atoms with Gasteiger partial charge in [-0.25, -0.2) is 0 Å². The van der Waals surface area contributed by atoms with Crippen LogP contribution in [-0.4, -0.2) is 66.2 Å². The van der Waals surface area contributed by atoms with E-state index in [1.54, 1.807) is 48.5 Å². The molecule has 0 bridgehead atoms. The molecule has 8 nitrogen and oxygen atoms in total. The fourth-order valence-electron chi connectivity index (χ4n) is 2.25. The molecule has 3 aromatic carbocycles. The molecular formula is C21H23B3O8. The summed E-state index contributed by atoms with van der Waals surface area (Å²) in [6, 6.07) is 21.3. The van der Waals surface area contributed by atoms with Crippen molar-refractivity contribution < 1.29 is 39.4 Å². The van der Waals surface area contributed by atoms with Gasteiger partial charge in [-0.1, -0.05) is 78.9 Å². The summed E-state index contributed by atoms with van der Waals surface area (Å²) >= 11 is 0. The lowest BCUT2D eigenvalue weighted by Gasteiger charge is -2.02. The molecular weight excluding hydrogens is 413 g/mol. The minimum absolute atomic E-state index is 0.385. The van der Waals surface area contributed by atoms with Gasteiger partial charge in [-0.3, -0.25) is 9.59 Å². The predicted octanol–water partition coefficient (Wildman–Crippen LogP) is -1.62. The molecule has 0 aliphatic carbocycles. The lowest BCUT2D eigenvalue weighted by Crippen LogP contribution is -2.32. The van der Waals surface area contributed by atoms with E-state index in [2.05, 4.69) is 4.65 Å². The standard InChI is InChI=1S/C8H9BO3.C7H7BO3.C6H7BO2/c1-12-9(11)8-4-2-7(6-10)3-5-8;9-5-6-1-3-7(4-2-6)8(10)11;8-7(9)6-4-2-1-3-5-6/h2-6,11H,1H3;1-5,10-11H;1-5,8-9H. The van der Waals surface area contributed by atoms with Crippen LogP contribution in [0.5, 0.6) is 0 Å². The molecule has 0 unspecified atom stereocenters. The van der Waals surface area contributed by atoms with Crippen LogP contribution in [0.2, 0.25) is 0 Å². The molecule has 164 valence electrons. The molecule has 0 saturated heterocycles. The Hall–Kier alpha value is -3.05. The first-order valence-electron chi connectivity index (χ1n) is 9.40. The van der Waals surface area contributed by atoms with E-state index in [-0.39, 0.29) is 0 Å². The van der Waals surface area contributed by atoms with Crippen molar-refractivity contribution in [1.29, 1.82) is 0 Å². The summed E-state index contributed by atoms with van der Waals surface area (Å²) in [6.45, 7) is 0. The Labute approximate surface area is 187 Å². The smallest absolute Gasteiger partial charge is 0.423 e. The number of benzene rings is 3. The van der Waals surface area contributed by atoms with Crippen molar-refractivity contribution in [2.24, 2.45) is 0 Å². The summed E-state index contributed by atoms with van der Waals surface area (Å²) in [4.78, 5) is 20.4. The Balaban J connectivity index is 0.000000242. The molecule has 0 aromatic heterocycles. The monoisotopic (exact) mass is 436 g/mol. The van der Waals surface area contributed by atoms with E-state index in [4.69, 9.17) is 20.1 Å². The van der Waals surface area contributed by atoms with E-state index >= 15 is 0 Å². The normalized spacial score (nSPS) is 9.31. The van der Waals surface area contributed by atoms with Crippen LogP contribution in [0.25, 0.3) is 0 Å². The third-order valence-corrected chi connectivity index (χ3v) is 4.05. The Bertz CT molecular complexity index is 920. The molecule has 11 heteroatoms. The van der Waals surface area contributed by atoms with Crippen LogP contribution in [0.1, 0.15) is 20.7 Å². The van der Waals surface area contributed by atoms with Crippen LogP contribution in [0.3, 0.4) is 0 Å². The van der Waals surface area contributed by atoms with Crippen molar-refractivity contribution in [2.45, 2.75) is 0 Å². The summed E-state index contributed by atoms with van der Waals surface area (Å²) in [5, 5.41) is 43.6. The second-order valence-electron chi connectivity index (χ2n) is 6.32. The quantitative estimate of drug-likeness (QED) is 0.229. The Kier molecular flexibility index (Phi) is 12.5. The van der Waals surface area contributed by atoms with Crippen LogP contribution >= 0.6 is 0 Å². The summed E-state index contributed by atoms with van der Waals surface area (Å²) in [5.41, 5.74) is 2.66. The maximum atomic E-state index is 10.3. The maximum absolute atomic E-state index is 10.3. The van der Waals surface area contributed by atoms with Crippen molar-refractivity contribution >= 4 is 50.3 Å². The number of hydrogen-bond acceptors (Lipinski definition) is 8. The first kappa shape index (κ1) is 27.0. The van der Waals surface area contributed by atoms with Gasteiger partial charge in [0, 0.05) is 18.2 Å². The molecule has 0 aliphatic rings. The van der Waals surface area contributed by atoms with Gasteiger partial charge < -0.3 is 29.8 Å². The summed E-state index contributed by atoms with van der Waals surface area (Å²) in [5.74, 6) is 0. The van der Waals surface area contributed by atoms with E-state index in [0.717, 1.165) is 6.29 Å². The lowest BCUT2D eigenvalue weighted by atomic mass is 9.79. The van der Waals surface area contributed by atoms with Gasteiger partial charge in [0.05, 0.1) is 0 Å². The van der Waals surface area contributed by atoms with Crippen molar-refractivity contribution in [3.63, 3.8) is 0 Å². The molecule has 5 N–H and O–H groups in total. The number of aldehydes is 2. The lowest BCUT2D eigenvalue weighted by molar-refractivity contribution is 0.111. The summed E-state index contributed by atoms with van der Waals surface area (Å²) < 4.78 is 4.68. The number of rotatable bonds is 6. The van der Waals surface area contributed by atoms with E-state index in [1.807, 2.05) is 6.07 Å². The molecule has 3 aromatic rings. The Morgan fingerprint density at radius 1 is 0.594 bits per heavy atom. The molecule has 0 saturated carbocycles. The van der Waals surface area contributed by atoms with Gasteiger partial charge in [0.25, 0.3) is 0 Å². The van der Waals surface area contributed by atoms with Crippen molar-refractivity contribution in [3.8, 4) is 0 Å². The fraction of sp³-hybridized carbons (Fsp3) is 0.0476. The minimum atomic E-state index is -1.46. The molecule has 3 rings (SSSR count). The molecule has 32 heavy (non-hydrogen) atoms.